The van der Waals surface area contributed by atoms with Gasteiger partial charge < -0.3 is 10.1 Å². The molecule has 0 spiro atoms. The molecule has 1 aliphatic heterocycles. The Bertz CT molecular complexity index is 1550. The highest BCUT2D eigenvalue weighted by molar-refractivity contribution is 5.82. The van der Waals surface area contributed by atoms with E-state index in [-0.39, 0.29) is 0 Å². The first-order chi connectivity index (χ1) is 18.6. The molecule has 5 aromatic rings. The van der Waals surface area contributed by atoms with E-state index >= 15 is 0 Å². The molecule has 1 aliphatic rings. The van der Waals surface area contributed by atoms with Crippen LogP contribution in [0.3, 0.4) is 0 Å². The molecular formula is C31H32N6O. The summed E-state index contributed by atoms with van der Waals surface area (Å²) in [5.41, 5.74) is 8.76. The lowest BCUT2D eigenvalue weighted by molar-refractivity contribution is 0.191. The molecule has 1 fully saturated rings. The van der Waals surface area contributed by atoms with Gasteiger partial charge in [0.15, 0.2) is 0 Å². The van der Waals surface area contributed by atoms with Gasteiger partial charge in [0.2, 0.25) is 0 Å². The second-order valence-electron chi connectivity index (χ2n) is 9.80. The number of hydrogen-bond donors (Lipinski definition) is 1. The molecule has 0 aliphatic carbocycles. The normalized spacial score (nSPS) is 14.2. The maximum atomic E-state index is 6.01. The van der Waals surface area contributed by atoms with Crippen LogP contribution < -0.4 is 10.1 Å². The van der Waals surface area contributed by atoms with Crippen molar-refractivity contribution in [3.8, 4) is 39.7 Å². The summed E-state index contributed by atoms with van der Waals surface area (Å²) < 4.78 is 8.15. The number of ether oxygens (including phenoxy) is 1. The summed E-state index contributed by atoms with van der Waals surface area (Å²) in [7, 11) is 0. The molecule has 0 atom stereocenters. The largest absolute Gasteiger partial charge is 0.492 e. The van der Waals surface area contributed by atoms with E-state index in [1.54, 1.807) is 0 Å². The standard InChI is InChI=1S/C31H32N6O/c1-22-11-15-37-29(20-22)35-30(27-5-3-4-23(2)34-27)31(37)25-10-12-33-28(21-25)24-6-8-26(9-7-24)38-19-18-36-16-13-32-14-17-36/h3-12,15,20-21,32H,13-14,16-19H2,1-2H3. The number of benzene rings is 1. The number of rotatable bonds is 7. The molecule has 38 heavy (non-hydrogen) atoms. The van der Waals surface area contributed by atoms with Crippen molar-refractivity contribution in [2.24, 2.45) is 0 Å². The SMILES string of the molecule is Cc1ccn2c(-c3ccnc(-c4ccc(OCCN5CCNCC5)cc4)c3)c(-c3cccc(C)n3)nc2c1. The molecule has 1 N–H and O–H groups in total. The van der Waals surface area contributed by atoms with E-state index < -0.39 is 0 Å². The van der Waals surface area contributed by atoms with Gasteiger partial charge in [0, 0.05) is 61.9 Å². The highest BCUT2D eigenvalue weighted by Crippen LogP contribution is 2.34. The fourth-order valence-electron chi connectivity index (χ4n) is 4.96. The van der Waals surface area contributed by atoms with Gasteiger partial charge in [-0.2, -0.15) is 0 Å². The Morgan fingerprint density at radius 2 is 1.71 bits per heavy atom. The summed E-state index contributed by atoms with van der Waals surface area (Å²) in [5, 5.41) is 3.39. The molecule has 1 aromatic carbocycles. The number of aromatic nitrogens is 4. The van der Waals surface area contributed by atoms with Crippen LogP contribution in [0.5, 0.6) is 5.75 Å². The Morgan fingerprint density at radius 1 is 0.868 bits per heavy atom. The number of hydrogen-bond acceptors (Lipinski definition) is 6. The van der Waals surface area contributed by atoms with Crippen molar-refractivity contribution in [1.82, 2.24) is 29.6 Å². The number of piperazine rings is 1. The minimum Gasteiger partial charge on any atom is -0.492 e. The van der Waals surface area contributed by atoms with Crippen molar-refractivity contribution in [3.63, 3.8) is 0 Å². The van der Waals surface area contributed by atoms with E-state index in [9.17, 15) is 0 Å². The van der Waals surface area contributed by atoms with Gasteiger partial charge in [-0.1, -0.05) is 6.07 Å². The first-order valence-electron chi connectivity index (χ1n) is 13.2. The number of imidazole rings is 1. The van der Waals surface area contributed by atoms with E-state index in [4.69, 9.17) is 14.7 Å². The van der Waals surface area contributed by atoms with E-state index in [1.165, 1.54) is 5.56 Å². The van der Waals surface area contributed by atoms with Crippen LogP contribution in [-0.2, 0) is 0 Å². The number of nitrogens with one attached hydrogen (secondary N) is 1. The highest BCUT2D eigenvalue weighted by Gasteiger charge is 2.18. The van der Waals surface area contributed by atoms with E-state index in [0.717, 1.165) is 83.7 Å². The Hall–Kier alpha value is -4.07. The minimum absolute atomic E-state index is 0.691. The minimum atomic E-state index is 0.691. The molecule has 0 saturated carbocycles. The molecule has 0 unspecified atom stereocenters. The van der Waals surface area contributed by atoms with Gasteiger partial charge in [-0.15, -0.1) is 0 Å². The lowest BCUT2D eigenvalue weighted by Gasteiger charge is -2.26. The predicted octanol–water partition coefficient (Wildman–Crippen LogP) is 5.03. The van der Waals surface area contributed by atoms with Crippen LogP contribution in [0.15, 0.2) is 79.1 Å². The lowest BCUT2D eigenvalue weighted by Crippen LogP contribution is -2.44. The first kappa shape index (κ1) is 24.3. The van der Waals surface area contributed by atoms with Crippen molar-refractivity contribution in [3.05, 3.63) is 90.4 Å². The van der Waals surface area contributed by atoms with Crippen molar-refractivity contribution >= 4 is 5.65 Å². The second kappa shape index (κ2) is 10.7. The summed E-state index contributed by atoms with van der Waals surface area (Å²) in [6.07, 6.45) is 3.95. The summed E-state index contributed by atoms with van der Waals surface area (Å²) >= 11 is 0. The molecule has 1 saturated heterocycles. The topological polar surface area (TPSA) is 67.6 Å². The van der Waals surface area contributed by atoms with Crippen molar-refractivity contribution in [1.29, 1.82) is 0 Å². The Morgan fingerprint density at radius 3 is 2.53 bits per heavy atom. The fraction of sp³-hybridized carbons (Fsp3) is 0.258. The molecule has 7 heteroatoms. The van der Waals surface area contributed by atoms with E-state index in [0.29, 0.717) is 6.61 Å². The molecule has 4 aromatic heterocycles. The Kier molecular flexibility index (Phi) is 6.86. The molecule has 0 bridgehead atoms. The number of nitrogens with zero attached hydrogens (tertiary/aromatic N) is 5. The first-order valence-corrected chi connectivity index (χ1v) is 13.2. The van der Waals surface area contributed by atoms with Gasteiger partial charge in [0.1, 0.15) is 23.7 Å². The number of pyridine rings is 3. The maximum Gasteiger partial charge on any atom is 0.138 e. The fourth-order valence-corrected chi connectivity index (χ4v) is 4.96. The smallest absolute Gasteiger partial charge is 0.138 e. The molecule has 7 nitrogen and oxygen atoms in total. The average molecular weight is 505 g/mol. The molecule has 0 amide bonds. The van der Waals surface area contributed by atoms with Gasteiger partial charge in [-0.05, 0) is 80.1 Å². The van der Waals surface area contributed by atoms with Crippen LogP contribution in [0.2, 0.25) is 0 Å². The van der Waals surface area contributed by atoms with Crippen molar-refractivity contribution < 1.29 is 4.74 Å². The summed E-state index contributed by atoms with van der Waals surface area (Å²) in [6, 6.07) is 22.6. The van der Waals surface area contributed by atoms with Crippen LogP contribution in [0.25, 0.3) is 39.5 Å². The zero-order valence-electron chi connectivity index (χ0n) is 21.9. The summed E-state index contributed by atoms with van der Waals surface area (Å²) in [6.45, 7) is 10.0. The quantitative estimate of drug-likeness (QED) is 0.336. The van der Waals surface area contributed by atoms with Crippen LogP contribution >= 0.6 is 0 Å². The third-order valence-electron chi connectivity index (χ3n) is 6.98. The molecule has 6 rings (SSSR count). The highest BCUT2D eigenvalue weighted by atomic mass is 16.5. The van der Waals surface area contributed by atoms with Gasteiger partial charge in [-0.3, -0.25) is 19.3 Å². The Balaban J connectivity index is 1.28. The zero-order valence-corrected chi connectivity index (χ0v) is 21.9. The average Bonchev–Trinajstić information content (AvgIpc) is 3.33. The molecule has 5 heterocycles. The van der Waals surface area contributed by atoms with Crippen molar-refractivity contribution in [2.45, 2.75) is 13.8 Å². The zero-order chi connectivity index (χ0) is 25.9. The third kappa shape index (κ3) is 5.16. The monoisotopic (exact) mass is 504 g/mol. The van der Waals surface area contributed by atoms with Gasteiger partial charge in [0.25, 0.3) is 0 Å². The van der Waals surface area contributed by atoms with Crippen LogP contribution in [0.4, 0.5) is 0 Å². The third-order valence-corrected chi connectivity index (χ3v) is 6.98. The summed E-state index contributed by atoms with van der Waals surface area (Å²) in [5.74, 6) is 0.880. The second-order valence-corrected chi connectivity index (χ2v) is 9.80. The lowest BCUT2D eigenvalue weighted by atomic mass is 10.0. The van der Waals surface area contributed by atoms with Gasteiger partial charge in [-0.25, -0.2) is 4.98 Å². The van der Waals surface area contributed by atoms with E-state index in [2.05, 4.69) is 63.1 Å². The molecule has 0 radical (unpaired) electrons. The molecular weight excluding hydrogens is 472 g/mol. The summed E-state index contributed by atoms with van der Waals surface area (Å²) in [4.78, 5) is 16.9. The van der Waals surface area contributed by atoms with Crippen LogP contribution in [0.1, 0.15) is 11.3 Å². The molecule has 192 valence electrons. The van der Waals surface area contributed by atoms with Gasteiger partial charge in [0.05, 0.1) is 17.1 Å². The number of fused-ring (bicyclic) bond motifs is 1. The maximum absolute atomic E-state index is 6.01. The van der Waals surface area contributed by atoms with Crippen LogP contribution in [0, 0.1) is 13.8 Å². The van der Waals surface area contributed by atoms with Crippen molar-refractivity contribution in [2.75, 3.05) is 39.3 Å². The number of aryl methyl sites for hydroxylation is 2. The van der Waals surface area contributed by atoms with Gasteiger partial charge >= 0.3 is 0 Å². The predicted molar refractivity (Wildman–Crippen MR) is 151 cm³/mol. The Labute approximate surface area is 223 Å². The van der Waals surface area contributed by atoms with Crippen LogP contribution in [-0.4, -0.2) is 63.6 Å². The van der Waals surface area contributed by atoms with E-state index in [1.807, 2.05) is 49.5 Å².